The Labute approximate surface area is 256 Å². The summed E-state index contributed by atoms with van der Waals surface area (Å²) in [7, 11) is 0. The Balaban J connectivity index is 1.34. The van der Waals surface area contributed by atoms with E-state index in [4.69, 9.17) is 21.1 Å². The standard InChI is InChI=1S/C32H28ClN3O6S/c1-3-41-32(40)27-23-14-8-18(2)16-26(23)43-30(27)35-28(37)29(38)36-34-17-24-22-7-5-4-6-19(22)11-15-25(24)42-31(39)20-9-12-21(33)13-10-20/h4-7,9-13,15,17-18H,3,8,14,16H2,1-2H3,(H,35,37)(H,36,38)/b34-17+. The van der Waals surface area contributed by atoms with Crippen LogP contribution in [0.1, 0.15) is 57.0 Å². The minimum Gasteiger partial charge on any atom is -0.462 e. The number of hydrazone groups is 1. The smallest absolute Gasteiger partial charge is 0.343 e. The molecule has 1 aliphatic carbocycles. The van der Waals surface area contributed by atoms with E-state index in [1.54, 1.807) is 43.3 Å². The van der Waals surface area contributed by atoms with Gasteiger partial charge in [-0.2, -0.15) is 5.10 Å². The van der Waals surface area contributed by atoms with Gasteiger partial charge in [-0.15, -0.1) is 11.3 Å². The van der Waals surface area contributed by atoms with E-state index in [1.807, 2.05) is 24.3 Å². The highest BCUT2D eigenvalue weighted by Crippen LogP contribution is 2.40. The highest BCUT2D eigenvalue weighted by atomic mass is 35.5. The lowest BCUT2D eigenvalue weighted by Crippen LogP contribution is -2.32. The molecule has 0 aliphatic heterocycles. The third-order valence-corrected chi connectivity index (χ3v) is 8.42. The van der Waals surface area contributed by atoms with Crippen LogP contribution in [0.2, 0.25) is 5.02 Å². The van der Waals surface area contributed by atoms with Crippen LogP contribution in [-0.2, 0) is 27.2 Å². The average molecular weight is 618 g/mol. The maximum Gasteiger partial charge on any atom is 0.343 e. The van der Waals surface area contributed by atoms with Crippen molar-refractivity contribution in [3.05, 3.63) is 92.8 Å². The molecule has 5 rings (SSSR count). The van der Waals surface area contributed by atoms with Crippen LogP contribution < -0.4 is 15.5 Å². The second kappa shape index (κ2) is 13.2. The summed E-state index contributed by atoms with van der Waals surface area (Å²) in [6.45, 7) is 4.03. The van der Waals surface area contributed by atoms with Gasteiger partial charge in [0.25, 0.3) is 0 Å². The zero-order chi connectivity index (χ0) is 30.5. The Morgan fingerprint density at radius 3 is 2.56 bits per heavy atom. The lowest BCUT2D eigenvalue weighted by Gasteiger charge is -2.18. The number of amides is 2. The van der Waals surface area contributed by atoms with Gasteiger partial charge in [0, 0.05) is 15.5 Å². The molecule has 1 aromatic heterocycles. The van der Waals surface area contributed by atoms with Gasteiger partial charge in [-0.1, -0.05) is 48.9 Å². The molecule has 11 heteroatoms. The molecule has 9 nitrogen and oxygen atoms in total. The molecule has 1 aliphatic rings. The topological polar surface area (TPSA) is 123 Å². The molecule has 0 bridgehead atoms. The molecule has 220 valence electrons. The number of hydrogen-bond acceptors (Lipinski definition) is 8. The van der Waals surface area contributed by atoms with E-state index in [-0.39, 0.29) is 17.4 Å². The number of halogens is 1. The first-order valence-corrected chi connectivity index (χ1v) is 14.9. The first-order chi connectivity index (χ1) is 20.7. The van der Waals surface area contributed by atoms with Crippen molar-refractivity contribution >= 4 is 68.7 Å². The van der Waals surface area contributed by atoms with Gasteiger partial charge in [0.1, 0.15) is 10.8 Å². The molecule has 1 atom stereocenters. The van der Waals surface area contributed by atoms with E-state index in [2.05, 4.69) is 22.8 Å². The predicted molar refractivity (Wildman–Crippen MR) is 166 cm³/mol. The zero-order valence-corrected chi connectivity index (χ0v) is 25.0. The summed E-state index contributed by atoms with van der Waals surface area (Å²) in [6.07, 6.45) is 3.72. The average Bonchev–Trinajstić information content (AvgIpc) is 3.35. The SMILES string of the molecule is CCOC(=O)c1c(NC(=O)C(=O)N/N=C/c2c(OC(=O)c3ccc(Cl)cc3)ccc3ccccc23)sc2c1CCC(C)C2. The molecule has 43 heavy (non-hydrogen) atoms. The first kappa shape index (κ1) is 29.9. The van der Waals surface area contributed by atoms with E-state index >= 15 is 0 Å². The Hall–Kier alpha value is -4.54. The number of thiophene rings is 1. The van der Waals surface area contributed by atoms with Gasteiger partial charge in [-0.25, -0.2) is 15.0 Å². The van der Waals surface area contributed by atoms with Crippen molar-refractivity contribution in [2.75, 3.05) is 11.9 Å². The molecule has 2 N–H and O–H groups in total. The molecule has 0 fully saturated rings. The number of rotatable bonds is 7. The van der Waals surface area contributed by atoms with Crippen molar-refractivity contribution < 1.29 is 28.7 Å². The fraction of sp³-hybridized carbons (Fsp3) is 0.219. The third kappa shape index (κ3) is 6.76. The summed E-state index contributed by atoms with van der Waals surface area (Å²) in [6, 6.07) is 17.1. The minimum atomic E-state index is -1.04. The molecule has 0 spiro atoms. The number of esters is 2. The van der Waals surface area contributed by atoms with Gasteiger partial charge in [0.15, 0.2) is 0 Å². The van der Waals surface area contributed by atoms with Crippen molar-refractivity contribution in [1.82, 2.24) is 5.43 Å². The largest absolute Gasteiger partial charge is 0.462 e. The maximum absolute atomic E-state index is 12.8. The van der Waals surface area contributed by atoms with Gasteiger partial charge in [-0.05, 0) is 78.8 Å². The summed E-state index contributed by atoms with van der Waals surface area (Å²) < 4.78 is 10.9. The highest BCUT2D eigenvalue weighted by Gasteiger charge is 2.30. The fourth-order valence-electron chi connectivity index (χ4n) is 4.87. The molecule has 3 aromatic carbocycles. The van der Waals surface area contributed by atoms with Crippen LogP contribution in [0.3, 0.4) is 0 Å². The third-order valence-electron chi connectivity index (χ3n) is 7.00. The van der Waals surface area contributed by atoms with Gasteiger partial charge in [0.05, 0.1) is 23.9 Å². The van der Waals surface area contributed by atoms with Crippen molar-refractivity contribution in [3.63, 3.8) is 0 Å². The first-order valence-electron chi connectivity index (χ1n) is 13.7. The van der Waals surface area contributed by atoms with E-state index in [9.17, 15) is 19.2 Å². The number of nitrogens with one attached hydrogen (secondary N) is 2. The molecular formula is C32H28ClN3O6S. The van der Waals surface area contributed by atoms with Crippen LogP contribution in [-0.4, -0.2) is 36.6 Å². The molecular weight excluding hydrogens is 590 g/mol. The molecule has 0 saturated carbocycles. The van der Waals surface area contributed by atoms with Gasteiger partial charge in [0.2, 0.25) is 0 Å². The van der Waals surface area contributed by atoms with Gasteiger partial charge < -0.3 is 14.8 Å². The Kier molecular flexibility index (Phi) is 9.18. The van der Waals surface area contributed by atoms with Crippen molar-refractivity contribution in [3.8, 4) is 5.75 Å². The number of fused-ring (bicyclic) bond motifs is 2. The summed E-state index contributed by atoms with van der Waals surface area (Å²) in [5.41, 5.74) is 4.13. The second-order valence-electron chi connectivity index (χ2n) is 10.0. The number of hydrogen-bond donors (Lipinski definition) is 2. The number of carbonyl (C=O) groups is 4. The molecule has 4 aromatic rings. The molecule has 2 amide bonds. The summed E-state index contributed by atoms with van der Waals surface area (Å²) >= 11 is 7.22. The van der Waals surface area contributed by atoms with Crippen LogP contribution in [0.25, 0.3) is 10.8 Å². The maximum atomic E-state index is 12.8. The number of nitrogens with zero attached hydrogens (tertiary/aromatic N) is 1. The Morgan fingerprint density at radius 1 is 1.02 bits per heavy atom. The van der Waals surface area contributed by atoms with Crippen LogP contribution in [0.5, 0.6) is 5.75 Å². The Morgan fingerprint density at radius 2 is 1.79 bits per heavy atom. The lowest BCUT2D eigenvalue weighted by atomic mass is 9.88. The molecule has 1 heterocycles. The minimum absolute atomic E-state index is 0.188. The van der Waals surface area contributed by atoms with Crippen LogP contribution in [0.15, 0.2) is 65.8 Å². The number of anilines is 1. The summed E-state index contributed by atoms with van der Waals surface area (Å²) in [5, 5.41) is 8.89. The second-order valence-corrected chi connectivity index (χ2v) is 11.6. The van der Waals surface area contributed by atoms with Crippen LogP contribution in [0, 0.1) is 5.92 Å². The predicted octanol–water partition coefficient (Wildman–Crippen LogP) is 6.16. The van der Waals surface area contributed by atoms with E-state index in [1.165, 1.54) is 17.6 Å². The normalized spacial score (nSPS) is 14.3. The monoisotopic (exact) mass is 617 g/mol. The van der Waals surface area contributed by atoms with Gasteiger partial charge in [-0.3, -0.25) is 9.59 Å². The highest BCUT2D eigenvalue weighted by molar-refractivity contribution is 7.17. The number of carbonyl (C=O) groups excluding carboxylic acids is 4. The molecule has 0 saturated heterocycles. The Bertz CT molecular complexity index is 1750. The quantitative estimate of drug-likeness (QED) is 0.0841. The van der Waals surface area contributed by atoms with E-state index in [0.29, 0.717) is 39.4 Å². The molecule has 0 radical (unpaired) electrons. The summed E-state index contributed by atoms with van der Waals surface area (Å²) in [4.78, 5) is 52.1. The fourth-order valence-corrected chi connectivity index (χ4v) is 6.39. The van der Waals surface area contributed by atoms with E-state index in [0.717, 1.165) is 28.7 Å². The van der Waals surface area contributed by atoms with Crippen LogP contribution in [0.4, 0.5) is 5.00 Å². The van der Waals surface area contributed by atoms with Crippen molar-refractivity contribution in [2.24, 2.45) is 11.0 Å². The number of benzene rings is 3. The number of ether oxygens (including phenoxy) is 2. The van der Waals surface area contributed by atoms with Gasteiger partial charge >= 0.3 is 23.8 Å². The zero-order valence-electron chi connectivity index (χ0n) is 23.4. The lowest BCUT2D eigenvalue weighted by molar-refractivity contribution is -0.136. The van der Waals surface area contributed by atoms with Crippen LogP contribution >= 0.6 is 22.9 Å². The van der Waals surface area contributed by atoms with Crippen molar-refractivity contribution in [1.29, 1.82) is 0 Å². The molecule has 1 unspecified atom stereocenters. The van der Waals surface area contributed by atoms with Crippen molar-refractivity contribution in [2.45, 2.75) is 33.1 Å². The summed E-state index contributed by atoms with van der Waals surface area (Å²) in [5.74, 6) is -2.49. The van der Waals surface area contributed by atoms with E-state index < -0.39 is 23.8 Å².